The van der Waals surface area contributed by atoms with Crippen LogP contribution in [-0.2, 0) is 6.54 Å². The number of hydrogen-bond acceptors (Lipinski definition) is 3. The summed E-state index contributed by atoms with van der Waals surface area (Å²) in [4.78, 5) is 7.27. The van der Waals surface area contributed by atoms with E-state index in [0.29, 0.717) is 17.6 Å². The fraction of sp³-hybridized carbons (Fsp3) is 0.632. The number of rotatable bonds is 7. The second-order valence-corrected chi connectivity index (χ2v) is 6.85. The molecule has 1 aromatic carbocycles. The molecule has 25 heavy (non-hydrogen) atoms. The Hall–Kier alpha value is -1.46. The molecular weight excluding hydrogens is 336 g/mol. The Kier molecular flexibility index (Phi) is 8.35. The Labute approximate surface area is 156 Å². The van der Waals surface area contributed by atoms with Crippen molar-refractivity contribution in [3.63, 3.8) is 0 Å². The van der Waals surface area contributed by atoms with Crippen LogP contribution in [0.1, 0.15) is 38.7 Å². The minimum Gasteiger partial charge on any atom is -0.496 e. The first-order valence-corrected chi connectivity index (χ1v) is 9.63. The minimum absolute atomic E-state index is 0.484. The van der Waals surface area contributed by atoms with Crippen molar-refractivity contribution in [1.82, 2.24) is 15.5 Å². The van der Waals surface area contributed by atoms with Crippen LogP contribution in [0.2, 0.25) is 5.02 Å². The highest BCUT2D eigenvalue weighted by atomic mass is 35.5. The molecule has 2 rings (SSSR count). The number of nitrogens with zero attached hydrogens (tertiary/aromatic N) is 2. The predicted octanol–water partition coefficient (Wildman–Crippen LogP) is 3.28. The van der Waals surface area contributed by atoms with Crippen LogP contribution in [0, 0.1) is 0 Å². The summed E-state index contributed by atoms with van der Waals surface area (Å²) in [7, 11) is 1.66. The maximum atomic E-state index is 6.03. The van der Waals surface area contributed by atoms with Gasteiger partial charge in [0.05, 0.1) is 13.7 Å². The summed E-state index contributed by atoms with van der Waals surface area (Å²) in [5.41, 5.74) is 1.03. The number of nitrogens with one attached hydrogen (secondary N) is 2. The summed E-state index contributed by atoms with van der Waals surface area (Å²) in [5.74, 6) is 1.65. The molecule has 0 aromatic heterocycles. The minimum atomic E-state index is 0.484. The summed E-state index contributed by atoms with van der Waals surface area (Å²) < 4.78 is 5.40. The summed E-state index contributed by atoms with van der Waals surface area (Å²) in [6.07, 6.45) is 3.55. The van der Waals surface area contributed by atoms with Gasteiger partial charge in [-0.05, 0) is 44.9 Å². The fourth-order valence-corrected chi connectivity index (χ4v) is 3.31. The normalized spacial score (nSPS) is 16.7. The van der Waals surface area contributed by atoms with Gasteiger partial charge in [-0.1, -0.05) is 24.6 Å². The number of hydrogen-bond donors (Lipinski definition) is 2. The van der Waals surface area contributed by atoms with Crippen LogP contribution in [0.3, 0.4) is 0 Å². The van der Waals surface area contributed by atoms with E-state index in [0.717, 1.165) is 49.7 Å². The van der Waals surface area contributed by atoms with Gasteiger partial charge in [0, 0.05) is 36.3 Å². The van der Waals surface area contributed by atoms with E-state index in [9.17, 15) is 0 Å². The number of methoxy groups -OCH3 is 1. The smallest absolute Gasteiger partial charge is 0.191 e. The molecule has 0 amide bonds. The van der Waals surface area contributed by atoms with Gasteiger partial charge in [-0.3, -0.25) is 0 Å². The van der Waals surface area contributed by atoms with Crippen molar-refractivity contribution in [3.05, 3.63) is 28.8 Å². The Morgan fingerprint density at radius 2 is 2.08 bits per heavy atom. The van der Waals surface area contributed by atoms with Crippen LogP contribution in [0.5, 0.6) is 5.75 Å². The lowest BCUT2D eigenvalue weighted by molar-refractivity contribution is 0.206. The van der Waals surface area contributed by atoms with Gasteiger partial charge in [0.15, 0.2) is 5.96 Å². The number of piperidine rings is 1. The van der Waals surface area contributed by atoms with Crippen LogP contribution in [0.25, 0.3) is 0 Å². The second kappa shape index (κ2) is 10.5. The van der Waals surface area contributed by atoms with Crippen molar-refractivity contribution in [2.45, 2.75) is 45.7 Å². The van der Waals surface area contributed by atoms with Crippen molar-refractivity contribution >= 4 is 17.6 Å². The van der Waals surface area contributed by atoms with Crippen LogP contribution in [0.4, 0.5) is 0 Å². The zero-order chi connectivity index (χ0) is 18.1. The number of halogens is 1. The molecule has 1 aliphatic heterocycles. The Bertz CT molecular complexity index is 556. The number of likely N-dealkylation sites (tertiary alicyclic amines) is 1. The van der Waals surface area contributed by atoms with Crippen LogP contribution in [-0.4, -0.2) is 50.2 Å². The lowest BCUT2D eigenvalue weighted by Crippen LogP contribution is -2.48. The van der Waals surface area contributed by atoms with Crippen molar-refractivity contribution in [2.75, 3.05) is 33.3 Å². The van der Waals surface area contributed by atoms with Gasteiger partial charge in [0.1, 0.15) is 5.75 Å². The molecular formula is C19H31ClN4O. The van der Waals surface area contributed by atoms with E-state index in [4.69, 9.17) is 21.3 Å². The molecule has 1 saturated heterocycles. The monoisotopic (exact) mass is 366 g/mol. The average Bonchev–Trinajstić information content (AvgIpc) is 2.62. The Morgan fingerprint density at radius 1 is 1.32 bits per heavy atom. The highest BCUT2D eigenvalue weighted by Crippen LogP contribution is 2.23. The molecule has 1 heterocycles. The molecule has 1 aliphatic rings. The Morgan fingerprint density at radius 3 is 2.72 bits per heavy atom. The molecule has 5 nitrogen and oxygen atoms in total. The summed E-state index contributed by atoms with van der Waals surface area (Å²) in [5, 5.41) is 7.60. The summed E-state index contributed by atoms with van der Waals surface area (Å²) in [6, 6.07) is 6.16. The molecule has 0 saturated carbocycles. The van der Waals surface area contributed by atoms with Gasteiger partial charge in [-0.25, -0.2) is 4.99 Å². The third-order valence-corrected chi connectivity index (χ3v) is 4.70. The van der Waals surface area contributed by atoms with E-state index < -0.39 is 0 Å². The number of guanidine groups is 1. The lowest BCUT2D eigenvalue weighted by Gasteiger charge is -2.32. The molecule has 140 valence electrons. The van der Waals surface area contributed by atoms with Crippen LogP contribution >= 0.6 is 11.6 Å². The van der Waals surface area contributed by atoms with Gasteiger partial charge in [0.2, 0.25) is 0 Å². The molecule has 0 radical (unpaired) electrons. The molecule has 6 heteroatoms. The van der Waals surface area contributed by atoms with E-state index in [1.54, 1.807) is 7.11 Å². The van der Waals surface area contributed by atoms with E-state index in [1.165, 1.54) is 13.0 Å². The lowest BCUT2D eigenvalue weighted by atomic mass is 10.1. The van der Waals surface area contributed by atoms with E-state index in [1.807, 2.05) is 18.2 Å². The largest absolute Gasteiger partial charge is 0.496 e. The quantitative estimate of drug-likeness (QED) is 0.574. The molecule has 2 N–H and O–H groups in total. The highest BCUT2D eigenvalue weighted by molar-refractivity contribution is 6.30. The summed E-state index contributed by atoms with van der Waals surface area (Å²) in [6.45, 7) is 9.26. The molecule has 0 bridgehead atoms. The average molecular weight is 367 g/mol. The molecule has 1 fully saturated rings. The van der Waals surface area contributed by atoms with Crippen molar-refractivity contribution < 1.29 is 4.74 Å². The number of aliphatic imine (C=N–C) groups is 1. The SMILES string of the molecule is CCCN1CCC(NC(=NCc2ccc(Cl)cc2OC)NCC)CC1. The maximum Gasteiger partial charge on any atom is 0.191 e. The number of benzene rings is 1. The molecule has 1 aromatic rings. The predicted molar refractivity (Wildman–Crippen MR) is 106 cm³/mol. The third kappa shape index (κ3) is 6.40. The topological polar surface area (TPSA) is 48.9 Å². The van der Waals surface area contributed by atoms with Gasteiger partial charge in [0.25, 0.3) is 0 Å². The van der Waals surface area contributed by atoms with Crippen LogP contribution in [0.15, 0.2) is 23.2 Å². The van der Waals surface area contributed by atoms with Crippen molar-refractivity contribution in [1.29, 1.82) is 0 Å². The van der Waals surface area contributed by atoms with Gasteiger partial charge in [-0.2, -0.15) is 0 Å². The van der Waals surface area contributed by atoms with Crippen LogP contribution < -0.4 is 15.4 Å². The van der Waals surface area contributed by atoms with Gasteiger partial charge in [-0.15, -0.1) is 0 Å². The first-order chi connectivity index (χ1) is 12.2. The van der Waals surface area contributed by atoms with E-state index in [2.05, 4.69) is 29.4 Å². The van der Waals surface area contributed by atoms with Gasteiger partial charge >= 0.3 is 0 Å². The Balaban J connectivity index is 1.95. The van der Waals surface area contributed by atoms with E-state index in [-0.39, 0.29) is 0 Å². The zero-order valence-corrected chi connectivity index (χ0v) is 16.4. The highest BCUT2D eigenvalue weighted by Gasteiger charge is 2.19. The molecule has 0 aliphatic carbocycles. The first-order valence-electron chi connectivity index (χ1n) is 9.25. The van der Waals surface area contributed by atoms with Crippen molar-refractivity contribution in [3.8, 4) is 5.75 Å². The van der Waals surface area contributed by atoms with E-state index >= 15 is 0 Å². The van der Waals surface area contributed by atoms with Crippen molar-refractivity contribution in [2.24, 2.45) is 4.99 Å². The molecule has 0 unspecified atom stereocenters. The van der Waals surface area contributed by atoms with Gasteiger partial charge < -0.3 is 20.3 Å². The number of ether oxygens (including phenoxy) is 1. The first kappa shape index (κ1) is 19.9. The molecule has 0 atom stereocenters. The standard InChI is InChI=1S/C19H31ClN4O/c1-4-10-24-11-8-17(9-12-24)23-19(21-5-2)22-14-15-6-7-16(20)13-18(15)25-3/h6-7,13,17H,4-5,8-12,14H2,1-3H3,(H2,21,22,23). The second-order valence-electron chi connectivity index (χ2n) is 6.41. The molecule has 0 spiro atoms. The summed E-state index contributed by atoms with van der Waals surface area (Å²) >= 11 is 6.03. The fourth-order valence-electron chi connectivity index (χ4n) is 3.14. The zero-order valence-electron chi connectivity index (χ0n) is 15.6. The third-order valence-electron chi connectivity index (χ3n) is 4.47. The maximum absolute atomic E-state index is 6.03.